The predicted molar refractivity (Wildman–Crippen MR) is 80.7 cm³/mol. The SMILES string of the molecule is C#C[C@@]1(O)CCCC[C@H]1NCCc1ccc(OC)cc1. The van der Waals surface area contributed by atoms with Gasteiger partial charge in [-0.3, -0.25) is 0 Å². The van der Waals surface area contributed by atoms with Crippen molar-refractivity contribution in [1.29, 1.82) is 0 Å². The second kappa shape index (κ2) is 6.78. The van der Waals surface area contributed by atoms with Crippen molar-refractivity contribution in [1.82, 2.24) is 5.32 Å². The second-order valence-corrected chi connectivity index (χ2v) is 5.42. The van der Waals surface area contributed by atoms with Crippen molar-refractivity contribution in [2.24, 2.45) is 0 Å². The summed E-state index contributed by atoms with van der Waals surface area (Å²) in [6, 6.07) is 8.07. The van der Waals surface area contributed by atoms with E-state index >= 15 is 0 Å². The molecule has 2 atom stereocenters. The van der Waals surface area contributed by atoms with E-state index in [9.17, 15) is 5.11 Å². The maximum atomic E-state index is 10.4. The minimum absolute atomic E-state index is 0.0134. The molecule has 1 aliphatic carbocycles. The van der Waals surface area contributed by atoms with Gasteiger partial charge < -0.3 is 15.2 Å². The predicted octanol–water partition coefficient (Wildman–Crippen LogP) is 2.13. The van der Waals surface area contributed by atoms with Gasteiger partial charge in [-0.2, -0.15) is 0 Å². The van der Waals surface area contributed by atoms with Crippen molar-refractivity contribution in [2.45, 2.75) is 43.7 Å². The molecule has 1 aromatic carbocycles. The normalized spacial score (nSPS) is 25.9. The van der Waals surface area contributed by atoms with Crippen LogP contribution in [0.2, 0.25) is 0 Å². The molecule has 0 saturated heterocycles. The van der Waals surface area contributed by atoms with Crippen molar-refractivity contribution >= 4 is 0 Å². The molecule has 1 saturated carbocycles. The number of terminal acetylenes is 1. The fourth-order valence-electron chi connectivity index (χ4n) is 2.78. The van der Waals surface area contributed by atoms with E-state index in [4.69, 9.17) is 11.2 Å². The minimum Gasteiger partial charge on any atom is -0.497 e. The van der Waals surface area contributed by atoms with E-state index in [0.717, 1.165) is 38.0 Å². The highest BCUT2D eigenvalue weighted by atomic mass is 16.5. The summed E-state index contributed by atoms with van der Waals surface area (Å²) in [5.74, 6) is 3.44. The first-order valence-corrected chi connectivity index (χ1v) is 7.24. The Kier molecular flexibility index (Phi) is 5.05. The van der Waals surface area contributed by atoms with E-state index in [0.29, 0.717) is 6.42 Å². The lowest BCUT2D eigenvalue weighted by Gasteiger charge is -2.36. The van der Waals surface area contributed by atoms with Crippen LogP contribution in [0.4, 0.5) is 0 Å². The van der Waals surface area contributed by atoms with E-state index in [1.807, 2.05) is 12.1 Å². The van der Waals surface area contributed by atoms with Crippen LogP contribution in [0.1, 0.15) is 31.2 Å². The summed E-state index contributed by atoms with van der Waals surface area (Å²) in [5, 5.41) is 13.8. The zero-order valence-corrected chi connectivity index (χ0v) is 12.1. The molecule has 0 amide bonds. The molecule has 20 heavy (non-hydrogen) atoms. The molecule has 0 aromatic heterocycles. The van der Waals surface area contributed by atoms with E-state index in [-0.39, 0.29) is 6.04 Å². The summed E-state index contributed by atoms with van der Waals surface area (Å²) in [6.45, 7) is 0.820. The summed E-state index contributed by atoms with van der Waals surface area (Å²) in [7, 11) is 1.67. The van der Waals surface area contributed by atoms with Gasteiger partial charge in [-0.05, 0) is 49.9 Å². The van der Waals surface area contributed by atoms with Crippen LogP contribution in [0.25, 0.3) is 0 Å². The van der Waals surface area contributed by atoms with E-state index in [1.54, 1.807) is 7.11 Å². The molecule has 0 spiro atoms. The molecule has 108 valence electrons. The topological polar surface area (TPSA) is 41.5 Å². The summed E-state index contributed by atoms with van der Waals surface area (Å²) >= 11 is 0. The third kappa shape index (κ3) is 3.53. The van der Waals surface area contributed by atoms with Crippen molar-refractivity contribution in [2.75, 3.05) is 13.7 Å². The molecular weight excluding hydrogens is 250 g/mol. The van der Waals surface area contributed by atoms with Crippen LogP contribution in [-0.2, 0) is 6.42 Å². The van der Waals surface area contributed by atoms with E-state index in [1.165, 1.54) is 5.56 Å². The molecule has 0 radical (unpaired) electrons. The number of hydrogen-bond donors (Lipinski definition) is 2. The Balaban J connectivity index is 1.84. The zero-order chi connectivity index (χ0) is 14.4. The molecule has 0 heterocycles. The Morgan fingerprint density at radius 2 is 2.15 bits per heavy atom. The Morgan fingerprint density at radius 1 is 1.40 bits per heavy atom. The third-order valence-corrected chi connectivity index (χ3v) is 4.09. The number of ether oxygens (including phenoxy) is 1. The van der Waals surface area contributed by atoms with Gasteiger partial charge in [0.05, 0.1) is 7.11 Å². The Hall–Kier alpha value is -1.50. The molecule has 0 unspecified atom stereocenters. The van der Waals surface area contributed by atoms with Gasteiger partial charge in [-0.15, -0.1) is 6.42 Å². The Labute approximate surface area is 121 Å². The molecule has 3 nitrogen and oxygen atoms in total. The number of hydrogen-bond acceptors (Lipinski definition) is 3. The van der Waals surface area contributed by atoms with Crippen LogP contribution < -0.4 is 10.1 Å². The Bertz CT molecular complexity index is 463. The molecular formula is C17H23NO2. The van der Waals surface area contributed by atoms with Crippen LogP contribution in [0.3, 0.4) is 0 Å². The van der Waals surface area contributed by atoms with Crippen molar-refractivity contribution < 1.29 is 9.84 Å². The number of methoxy groups -OCH3 is 1. The molecule has 0 bridgehead atoms. The lowest BCUT2D eigenvalue weighted by Crippen LogP contribution is -2.52. The number of rotatable bonds is 5. The number of aliphatic hydroxyl groups is 1. The van der Waals surface area contributed by atoms with Crippen LogP contribution in [0, 0.1) is 12.3 Å². The molecule has 1 aliphatic rings. The molecule has 2 N–H and O–H groups in total. The summed E-state index contributed by atoms with van der Waals surface area (Å²) < 4.78 is 5.14. The maximum Gasteiger partial charge on any atom is 0.140 e. The standard InChI is InChI=1S/C17H23NO2/c1-3-17(19)12-5-4-6-16(17)18-13-11-14-7-9-15(20-2)10-8-14/h1,7-10,16,18-19H,4-6,11-13H2,2H3/t16-,17-/m1/s1. The number of nitrogens with one attached hydrogen (secondary N) is 1. The lowest BCUT2D eigenvalue weighted by molar-refractivity contribution is 0.0265. The maximum absolute atomic E-state index is 10.4. The van der Waals surface area contributed by atoms with Gasteiger partial charge in [0.25, 0.3) is 0 Å². The minimum atomic E-state index is -0.974. The average molecular weight is 273 g/mol. The van der Waals surface area contributed by atoms with Crippen molar-refractivity contribution in [3.05, 3.63) is 29.8 Å². The van der Waals surface area contributed by atoms with E-state index < -0.39 is 5.60 Å². The highest BCUT2D eigenvalue weighted by Gasteiger charge is 2.36. The second-order valence-electron chi connectivity index (χ2n) is 5.42. The highest BCUT2D eigenvalue weighted by Crippen LogP contribution is 2.27. The summed E-state index contributed by atoms with van der Waals surface area (Å²) in [4.78, 5) is 0. The fraction of sp³-hybridized carbons (Fsp3) is 0.529. The van der Waals surface area contributed by atoms with Gasteiger partial charge in [0.15, 0.2) is 0 Å². The van der Waals surface area contributed by atoms with Crippen molar-refractivity contribution in [3.8, 4) is 18.1 Å². The Morgan fingerprint density at radius 3 is 2.80 bits per heavy atom. The molecule has 3 heteroatoms. The zero-order valence-electron chi connectivity index (χ0n) is 12.1. The monoisotopic (exact) mass is 273 g/mol. The number of benzene rings is 1. The third-order valence-electron chi connectivity index (χ3n) is 4.09. The van der Waals surface area contributed by atoms with Crippen LogP contribution in [0.15, 0.2) is 24.3 Å². The fourth-order valence-corrected chi connectivity index (χ4v) is 2.78. The van der Waals surface area contributed by atoms with Gasteiger partial charge in [-0.1, -0.05) is 24.5 Å². The average Bonchev–Trinajstić information content (AvgIpc) is 2.50. The first-order valence-electron chi connectivity index (χ1n) is 7.24. The summed E-state index contributed by atoms with van der Waals surface area (Å²) in [5.41, 5.74) is 0.274. The van der Waals surface area contributed by atoms with Gasteiger partial charge in [-0.25, -0.2) is 0 Å². The smallest absolute Gasteiger partial charge is 0.140 e. The van der Waals surface area contributed by atoms with Gasteiger partial charge >= 0.3 is 0 Å². The van der Waals surface area contributed by atoms with E-state index in [2.05, 4.69) is 23.4 Å². The van der Waals surface area contributed by atoms with Crippen LogP contribution >= 0.6 is 0 Å². The first-order chi connectivity index (χ1) is 9.68. The van der Waals surface area contributed by atoms with Crippen molar-refractivity contribution in [3.63, 3.8) is 0 Å². The molecule has 0 aliphatic heterocycles. The molecule has 2 rings (SSSR count). The van der Waals surface area contributed by atoms with Crippen LogP contribution in [0.5, 0.6) is 5.75 Å². The lowest BCUT2D eigenvalue weighted by atomic mass is 9.81. The largest absolute Gasteiger partial charge is 0.497 e. The van der Waals surface area contributed by atoms with Gasteiger partial charge in [0, 0.05) is 6.04 Å². The quantitative estimate of drug-likeness (QED) is 0.808. The summed E-state index contributed by atoms with van der Waals surface area (Å²) in [6.07, 6.45) is 10.2. The molecule has 1 aromatic rings. The van der Waals surface area contributed by atoms with Crippen LogP contribution in [-0.4, -0.2) is 30.4 Å². The van der Waals surface area contributed by atoms with Gasteiger partial charge in [0.1, 0.15) is 11.4 Å². The first kappa shape index (κ1) is 14.9. The van der Waals surface area contributed by atoms with Gasteiger partial charge in [0.2, 0.25) is 0 Å². The molecule has 1 fully saturated rings. The highest BCUT2D eigenvalue weighted by molar-refractivity contribution is 5.27.